The Kier molecular flexibility index (Phi) is 38.2. The largest absolute Gasteiger partial charge is 0.300 e. The number of hydrogen-bond donors (Lipinski definition) is 0. The molecule has 0 amide bonds. The Morgan fingerprint density at radius 2 is 0.900 bits per heavy atom. The molecule has 1 heteroatoms. The summed E-state index contributed by atoms with van der Waals surface area (Å²) in [7, 11) is 0. The highest BCUT2D eigenvalue weighted by Gasteiger charge is 1.62. The fraction of sp³-hybridized carbons (Fsp3) is 0.889. The molecular weight excluding hydrogens is 124 g/mol. The zero-order chi connectivity index (χ0) is 8.99. The highest BCUT2D eigenvalue weighted by atomic mass is 16.1. The van der Waals surface area contributed by atoms with E-state index in [1.165, 1.54) is 26.7 Å². The Morgan fingerprint density at radius 1 is 0.900 bits per heavy atom. The summed E-state index contributed by atoms with van der Waals surface area (Å²) in [5.74, 6) is 0.167. The Labute approximate surface area is 65.8 Å². The van der Waals surface area contributed by atoms with Crippen LogP contribution in [-0.4, -0.2) is 5.78 Å². The standard InChI is InChI=1S/C3H6O.2C3H8/c1-3(2)4;2*1-3-2/h1-2H3;2*3H2,1-2H3. The van der Waals surface area contributed by atoms with Crippen molar-refractivity contribution in [2.75, 3.05) is 0 Å². The maximum Gasteiger partial charge on any atom is 0.126 e. The van der Waals surface area contributed by atoms with E-state index in [0.717, 1.165) is 0 Å². The molecule has 0 unspecified atom stereocenters. The molecule has 0 fully saturated rings. The molecule has 0 aromatic rings. The lowest BCUT2D eigenvalue weighted by molar-refractivity contribution is -0.114. The average molecular weight is 146 g/mol. The summed E-state index contributed by atoms with van der Waals surface area (Å²) < 4.78 is 0. The average Bonchev–Trinajstić information content (AvgIpc) is 1.65. The van der Waals surface area contributed by atoms with Crippen LogP contribution in [0.25, 0.3) is 0 Å². The first-order valence-corrected chi connectivity index (χ1v) is 4.03. The van der Waals surface area contributed by atoms with Gasteiger partial charge in [-0.3, -0.25) is 0 Å². The second-order valence-corrected chi connectivity index (χ2v) is 2.32. The van der Waals surface area contributed by atoms with Gasteiger partial charge in [-0.15, -0.1) is 0 Å². The number of rotatable bonds is 0. The van der Waals surface area contributed by atoms with E-state index < -0.39 is 0 Å². The van der Waals surface area contributed by atoms with E-state index >= 15 is 0 Å². The highest BCUT2D eigenvalue weighted by Crippen LogP contribution is 1.56. The van der Waals surface area contributed by atoms with Gasteiger partial charge in [-0.1, -0.05) is 40.5 Å². The van der Waals surface area contributed by atoms with Crippen molar-refractivity contribution in [3.8, 4) is 0 Å². The molecule has 0 aromatic heterocycles. The SMILES string of the molecule is CC(C)=O.CCC.CCC. The third-order valence-corrected chi connectivity index (χ3v) is 0. The van der Waals surface area contributed by atoms with Gasteiger partial charge in [0.15, 0.2) is 0 Å². The van der Waals surface area contributed by atoms with E-state index in [0.29, 0.717) is 0 Å². The van der Waals surface area contributed by atoms with Crippen molar-refractivity contribution < 1.29 is 4.79 Å². The quantitative estimate of drug-likeness (QED) is 0.511. The Balaban J connectivity index is -0.0000000750. The maximum atomic E-state index is 9.44. The first-order chi connectivity index (χ1) is 4.56. The molecule has 0 aromatic carbocycles. The minimum atomic E-state index is 0.167. The Bertz CT molecular complexity index is 42.7. The summed E-state index contributed by atoms with van der Waals surface area (Å²) in [6, 6.07) is 0. The van der Waals surface area contributed by atoms with Gasteiger partial charge in [-0.2, -0.15) is 0 Å². The fourth-order valence-corrected chi connectivity index (χ4v) is 0. The minimum absolute atomic E-state index is 0.167. The summed E-state index contributed by atoms with van der Waals surface area (Å²) in [6.07, 6.45) is 2.50. The van der Waals surface area contributed by atoms with Crippen molar-refractivity contribution in [2.45, 2.75) is 54.4 Å². The second kappa shape index (κ2) is 23.4. The van der Waals surface area contributed by atoms with Crippen molar-refractivity contribution in [1.82, 2.24) is 0 Å². The molecule has 1 nitrogen and oxygen atoms in total. The van der Waals surface area contributed by atoms with Gasteiger partial charge in [0.05, 0.1) is 0 Å². The lowest BCUT2D eigenvalue weighted by atomic mass is 10.6. The summed E-state index contributed by atoms with van der Waals surface area (Å²) in [5.41, 5.74) is 0. The van der Waals surface area contributed by atoms with E-state index in [9.17, 15) is 4.79 Å². The Hall–Kier alpha value is -0.330. The minimum Gasteiger partial charge on any atom is -0.300 e. The van der Waals surface area contributed by atoms with E-state index in [4.69, 9.17) is 0 Å². The normalized spacial score (nSPS) is 6.20. The second-order valence-electron chi connectivity index (χ2n) is 2.32. The van der Waals surface area contributed by atoms with Crippen LogP contribution in [0, 0.1) is 0 Å². The van der Waals surface area contributed by atoms with Crippen molar-refractivity contribution >= 4 is 5.78 Å². The molecular formula is C9H22O. The molecule has 0 bridgehead atoms. The number of Topliss-reactive ketones (excluding diaryl/α,β-unsaturated/α-hetero) is 1. The molecule has 10 heavy (non-hydrogen) atoms. The number of hydrogen-bond acceptors (Lipinski definition) is 1. The number of carbonyl (C=O) groups excluding carboxylic acids is 1. The molecule has 0 aliphatic carbocycles. The van der Waals surface area contributed by atoms with Gasteiger partial charge in [0, 0.05) is 0 Å². The lowest BCUT2D eigenvalue weighted by Crippen LogP contribution is -1.69. The molecule has 0 N–H and O–H groups in total. The Morgan fingerprint density at radius 3 is 0.900 bits per heavy atom. The molecule has 0 saturated carbocycles. The fourth-order valence-electron chi connectivity index (χ4n) is 0. The van der Waals surface area contributed by atoms with Gasteiger partial charge >= 0.3 is 0 Å². The maximum absolute atomic E-state index is 9.44. The van der Waals surface area contributed by atoms with Crippen LogP contribution in [0.2, 0.25) is 0 Å². The van der Waals surface area contributed by atoms with Crippen LogP contribution in [0.5, 0.6) is 0 Å². The zero-order valence-corrected chi connectivity index (χ0v) is 8.32. The monoisotopic (exact) mass is 146 g/mol. The number of carbonyl (C=O) groups is 1. The van der Waals surface area contributed by atoms with Gasteiger partial charge in [-0.25, -0.2) is 0 Å². The molecule has 64 valence electrons. The van der Waals surface area contributed by atoms with Crippen LogP contribution in [0.1, 0.15) is 54.4 Å². The van der Waals surface area contributed by atoms with Crippen LogP contribution in [0.4, 0.5) is 0 Å². The van der Waals surface area contributed by atoms with Crippen molar-refractivity contribution in [3.05, 3.63) is 0 Å². The van der Waals surface area contributed by atoms with Gasteiger partial charge in [0.25, 0.3) is 0 Å². The van der Waals surface area contributed by atoms with Crippen LogP contribution in [0.15, 0.2) is 0 Å². The number of ketones is 1. The van der Waals surface area contributed by atoms with Gasteiger partial charge in [0.1, 0.15) is 5.78 Å². The molecule has 0 radical (unpaired) electrons. The molecule has 0 saturated heterocycles. The van der Waals surface area contributed by atoms with Crippen molar-refractivity contribution in [3.63, 3.8) is 0 Å². The summed E-state index contributed by atoms with van der Waals surface area (Å²) >= 11 is 0. The summed E-state index contributed by atoms with van der Waals surface area (Å²) in [4.78, 5) is 9.44. The van der Waals surface area contributed by atoms with Crippen molar-refractivity contribution in [1.29, 1.82) is 0 Å². The predicted molar refractivity (Wildman–Crippen MR) is 48.3 cm³/mol. The molecule has 0 rings (SSSR count). The third kappa shape index (κ3) is 3130. The van der Waals surface area contributed by atoms with E-state index in [-0.39, 0.29) is 5.78 Å². The molecule has 0 aliphatic rings. The van der Waals surface area contributed by atoms with Crippen LogP contribution in [0.3, 0.4) is 0 Å². The molecule has 0 aliphatic heterocycles. The van der Waals surface area contributed by atoms with E-state index in [2.05, 4.69) is 27.7 Å². The summed E-state index contributed by atoms with van der Waals surface area (Å²) in [5, 5.41) is 0. The van der Waals surface area contributed by atoms with Crippen LogP contribution >= 0.6 is 0 Å². The summed E-state index contributed by atoms with van der Waals surface area (Å²) in [6.45, 7) is 11.6. The van der Waals surface area contributed by atoms with Gasteiger partial charge in [-0.05, 0) is 13.8 Å². The third-order valence-electron chi connectivity index (χ3n) is 0. The zero-order valence-electron chi connectivity index (χ0n) is 8.32. The van der Waals surface area contributed by atoms with Gasteiger partial charge in [0.2, 0.25) is 0 Å². The first kappa shape index (κ1) is 16.3. The molecule has 0 atom stereocenters. The van der Waals surface area contributed by atoms with Crippen molar-refractivity contribution in [2.24, 2.45) is 0 Å². The van der Waals surface area contributed by atoms with Crippen LogP contribution < -0.4 is 0 Å². The van der Waals surface area contributed by atoms with Gasteiger partial charge < -0.3 is 4.79 Å². The smallest absolute Gasteiger partial charge is 0.126 e. The lowest BCUT2D eigenvalue weighted by Gasteiger charge is -1.56. The predicted octanol–water partition coefficient (Wildman–Crippen LogP) is 3.43. The highest BCUT2D eigenvalue weighted by molar-refractivity contribution is 5.72. The first-order valence-electron chi connectivity index (χ1n) is 4.03. The van der Waals surface area contributed by atoms with Crippen LogP contribution in [-0.2, 0) is 4.79 Å². The topological polar surface area (TPSA) is 17.1 Å². The molecule has 0 spiro atoms. The van der Waals surface area contributed by atoms with E-state index in [1.54, 1.807) is 0 Å². The molecule has 0 heterocycles. The van der Waals surface area contributed by atoms with E-state index in [1.807, 2.05) is 0 Å².